The van der Waals surface area contributed by atoms with Gasteiger partial charge in [-0.25, -0.2) is 0 Å². The molecule has 6 heteroatoms. The fourth-order valence-electron chi connectivity index (χ4n) is 2.58. The molecule has 27 heavy (non-hydrogen) atoms. The highest BCUT2D eigenvalue weighted by atomic mass is 16.5. The SMILES string of the molecule is CCOCCOc1cc(C)ccc1CNC(=NC)NCCN(C)C(C)CC. The van der Waals surface area contributed by atoms with Crippen molar-refractivity contribution < 1.29 is 9.47 Å². The minimum Gasteiger partial charge on any atom is -0.491 e. The Labute approximate surface area is 165 Å². The Balaban J connectivity index is 2.51. The number of rotatable bonds is 12. The lowest BCUT2D eigenvalue weighted by Gasteiger charge is -2.24. The van der Waals surface area contributed by atoms with Crippen molar-refractivity contribution in [1.82, 2.24) is 15.5 Å². The predicted octanol–water partition coefficient (Wildman–Crippen LogP) is 2.81. The van der Waals surface area contributed by atoms with Gasteiger partial charge < -0.3 is 25.0 Å². The molecule has 1 rings (SSSR count). The monoisotopic (exact) mass is 378 g/mol. The van der Waals surface area contributed by atoms with E-state index in [1.54, 1.807) is 7.05 Å². The van der Waals surface area contributed by atoms with Gasteiger partial charge in [-0.15, -0.1) is 0 Å². The molecule has 1 aromatic rings. The van der Waals surface area contributed by atoms with Crippen molar-refractivity contribution in [2.45, 2.75) is 46.7 Å². The number of likely N-dealkylation sites (N-methyl/N-ethyl adjacent to an activating group) is 1. The lowest BCUT2D eigenvalue weighted by molar-refractivity contribution is 0.110. The zero-order valence-corrected chi connectivity index (χ0v) is 18.0. The summed E-state index contributed by atoms with van der Waals surface area (Å²) in [7, 11) is 3.95. The highest BCUT2D eigenvalue weighted by Crippen LogP contribution is 2.20. The molecule has 0 aliphatic rings. The number of hydrogen-bond donors (Lipinski definition) is 2. The van der Waals surface area contributed by atoms with Gasteiger partial charge in [0.05, 0.1) is 6.61 Å². The number of guanidine groups is 1. The van der Waals surface area contributed by atoms with Gasteiger partial charge in [0.15, 0.2) is 5.96 Å². The Hall–Kier alpha value is -1.79. The summed E-state index contributed by atoms with van der Waals surface area (Å²) in [5.41, 5.74) is 2.29. The number of ether oxygens (including phenoxy) is 2. The maximum Gasteiger partial charge on any atom is 0.191 e. The van der Waals surface area contributed by atoms with E-state index in [4.69, 9.17) is 9.47 Å². The first kappa shape index (κ1) is 23.2. The van der Waals surface area contributed by atoms with Crippen molar-refractivity contribution in [3.63, 3.8) is 0 Å². The van der Waals surface area contributed by atoms with Crippen molar-refractivity contribution >= 4 is 5.96 Å². The summed E-state index contributed by atoms with van der Waals surface area (Å²) in [6.07, 6.45) is 1.16. The van der Waals surface area contributed by atoms with Crippen LogP contribution < -0.4 is 15.4 Å². The van der Waals surface area contributed by atoms with E-state index in [1.807, 2.05) is 6.92 Å². The average Bonchev–Trinajstić information content (AvgIpc) is 2.68. The topological polar surface area (TPSA) is 58.1 Å². The second-order valence-corrected chi connectivity index (χ2v) is 6.75. The number of hydrogen-bond acceptors (Lipinski definition) is 4. The van der Waals surface area contributed by atoms with Gasteiger partial charge in [-0.05, 0) is 45.9 Å². The molecule has 0 amide bonds. The van der Waals surface area contributed by atoms with Crippen LogP contribution >= 0.6 is 0 Å². The largest absolute Gasteiger partial charge is 0.491 e. The molecule has 0 aliphatic heterocycles. The van der Waals surface area contributed by atoms with Gasteiger partial charge in [-0.3, -0.25) is 4.99 Å². The molecule has 0 bridgehead atoms. The molecule has 2 N–H and O–H groups in total. The van der Waals surface area contributed by atoms with Crippen LogP contribution in [0.1, 0.15) is 38.3 Å². The maximum absolute atomic E-state index is 5.91. The van der Waals surface area contributed by atoms with Crippen LogP contribution in [0, 0.1) is 6.92 Å². The second kappa shape index (κ2) is 13.4. The van der Waals surface area contributed by atoms with Gasteiger partial charge in [0.1, 0.15) is 12.4 Å². The summed E-state index contributed by atoms with van der Waals surface area (Å²) >= 11 is 0. The van der Waals surface area contributed by atoms with Crippen molar-refractivity contribution in [2.24, 2.45) is 4.99 Å². The van der Waals surface area contributed by atoms with Gasteiger partial charge >= 0.3 is 0 Å². The lowest BCUT2D eigenvalue weighted by atomic mass is 10.1. The molecule has 0 radical (unpaired) electrons. The maximum atomic E-state index is 5.91. The van der Waals surface area contributed by atoms with Gasteiger partial charge in [0.25, 0.3) is 0 Å². The molecule has 1 atom stereocenters. The third-order valence-corrected chi connectivity index (χ3v) is 4.68. The molecule has 1 unspecified atom stereocenters. The summed E-state index contributed by atoms with van der Waals surface area (Å²) in [5, 5.41) is 6.75. The van der Waals surface area contributed by atoms with Crippen molar-refractivity contribution in [3.8, 4) is 5.75 Å². The highest BCUT2D eigenvalue weighted by molar-refractivity contribution is 5.79. The summed E-state index contributed by atoms with van der Waals surface area (Å²) in [6, 6.07) is 6.86. The molecule has 1 aromatic carbocycles. The normalized spacial score (nSPS) is 12.9. The highest BCUT2D eigenvalue weighted by Gasteiger charge is 2.08. The molecule has 0 aromatic heterocycles. The number of aryl methyl sites for hydroxylation is 1. The third-order valence-electron chi connectivity index (χ3n) is 4.68. The van der Waals surface area contributed by atoms with E-state index >= 15 is 0 Å². The fraction of sp³-hybridized carbons (Fsp3) is 0.667. The van der Waals surface area contributed by atoms with Crippen LogP contribution in [-0.2, 0) is 11.3 Å². The molecule has 0 spiro atoms. The number of nitrogens with zero attached hydrogens (tertiary/aromatic N) is 2. The standard InChI is InChI=1S/C21H38N4O2/c1-7-18(4)25(6)12-11-23-21(22-5)24-16-19-10-9-17(3)15-20(19)27-14-13-26-8-2/h9-10,15,18H,7-8,11-14,16H2,1-6H3,(H2,22,23,24). The Morgan fingerprint density at radius 2 is 2.00 bits per heavy atom. The second-order valence-electron chi connectivity index (χ2n) is 6.75. The fourth-order valence-corrected chi connectivity index (χ4v) is 2.58. The van der Waals surface area contributed by atoms with Gasteiger partial charge in [0, 0.05) is 44.9 Å². The van der Waals surface area contributed by atoms with E-state index in [1.165, 1.54) is 5.56 Å². The van der Waals surface area contributed by atoms with E-state index in [9.17, 15) is 0 Å². The number of benzene rings is 1. The van der Waals surface area contributed by atoms with Crippen molar-refractivity contribution in [1.29, 1.82) is 0 Å². The van der Waals surface area contributed by atoms with E-state index in [0.29, 0.717) is 32.4 Å². The quantitative estimate of drug-likeness (QED) is 0.333. The lowest BCUT2D eigenvalue weighted by Crippen LogP contribution is -2.42. The molecule has 6 nitrogen and oxygen atoms in total. The molecule has 154 valence electrons. The first-order valence-electron chi connectivity index (χ1n) is 9.96. The van der Waals surface area contributed by atoms with Crippen LogP contribution in [0.4, 0.5) is 0 Å². The Kier molecular flexibility index (Phi) is 11.5. The minimum atomic E-state index is 0.555. The van der Waals surface area contributed by atoms with Crippen LogP contribution in [-0.4, -0.2) is 63.9 Å². The van der Waals surface area contributed by atoms with Crippen LogP contribution in [0.5, 0.6) is 5.75 Å². The van der Waals surface area contributed by atoms with Gasteiger partial charge in [0.2, 0.25) is 0 Å². The number of nitrogens with one attached hydrogen (secondary N) is 2. The summed E-state index contributed by atoms with van der Waals surface area (Å²) in [4.78, 5) is 6.67. The Morgan fingerprint density at radius 3 is 2.67 bits per heavy atom. The third kappa shape index (κ3) is 9.11. The Bertz CT molecular complexity index is 563. The van der Waals surface area contributed by atoms with Crippen LogP contribution in [0.2, 0.25) is 0 Å². The number of aliphatic imine (C=N–C) groups is 1. The molecule has 0 aliphatic carbocycles. The molecular formula is C21H38N4O2. The first-order chi connectivity index (χ1) is 13.0. The smallest absolute Gasteiger partial charge is 0.191 e. The summed E-state index contributed by atoms with van der Waals surface area (Å²) in [6.45, 7) is 12.9. The van der Waals surface area contributed by atoms with Crippen molar-refractivity contribution in [3.05, 3.63) is 29.3 Å². The zero-order valence-electron chi connectivity index (χ0n) is 18.0. The average molecular weight is 379 g/mol. The van der Waals surface area contributed by atoms with Gasteiger partial charge in [-0.1, -0.05) is 19.1 Å². The minimum absolute atomic E-state index is 0.555. The molecule has 0 heterocycles. The summed E-state index contributed by atoms with van der Waals surface area (Å²) < 4.78 is 11.3. The summed E-state index contributed by atoms with van der Waals surface area (Å²) in [5.74, 6) is 1.70. The van der Waals surface area contributed by atoms with Gasteiger partial charge in [-0.2, -0.15) is 0 Å². The molecule has 0 fully saturated rings. The van der Waals surface area contributed by atoms with E-state index in [2.05, 4.69) is 66.5 Å². The van der Waals surface area contributed by atoms with Crippen molar-refractivity contribution in [2.75, 3.05) is 47.0 Å². The van der Waals surface area contributed by atoms with Crippen LogP contribution in [0.3, 0.4) is 0 Å². The zero-order chi connectivity index (χ0) is 20.1. The molecule has 0 saturated carbocycles. The predicted molar refractivity (Wildman–Crippen MR) is 114 cm³/mol. The van der Waals surface area contributed by atoms with Crippen LogP contribution in [0.15, 0.2) is 23.2 Å². The molecule has 0 saturated heterocycles. The first-order valence-corrected chi connectivity index (χ1v) is 9.96. The Morgan fingerprint density at radius 1 is 1.22 bits per heavy atom. The van der Waals surface area contributed by atoms with E-state index in [-0.39, 0.29) is 0 Å². The van der Waals surface area contributed by atoms with Crippen LogP contribution in [0.25, 0.3) is 0 Å². The molecular weight excluding hydrogens is 340 g/mol. The van der Waals surface area contributed by atoms with E-state index < -0.39 is 0 Å². The van der Waals surface area contributed by atoms with E-state index in [0.717, 1.165) is 36.8 Å².